The molecule has 0 radical (unpaired) electrons. The van der Waals surface area contributed by atoms with Crippen LogP contribution in [0.2, 0.25) is 0 Å². The van der Waals surface area contributed by atoms with Gasteiger partial charge in [-0.1, -0.05) is 35.5 Å². The van der Waals surface area contributed by atoms with Crippen LogP contribution in [-0.4, -0.2) is 31.3 Å². The molecule has 0 aliphatic heterocycles. The highest BCUT2D eigenvalue weighted by molar-refractivity contribution is 6.15. The van der Waals surface area contributed by atoms with Crippen LogP contribution >= 0.6 is 0 Å². The van der Waals surface area contributed by atoms with Crippen LogP contribution < -0.4 is 0 Å². The van der Waals surface area contributed by atoms with Crippen molar-refractivity contribution in [3.05, 3.63) is 72.0 Å². The van der Waals surface area contributed by atoms with E-state index in [1.165, 1.54) is 17.0 Å². The van der Waals surface area contributed by atoms with Crippen molar-refractivity contribution in [2.45, 2.75) is 13.5 Å². The molecule has 0 N–H and O–H groups in total. The van der Waals surface area contributed by atoms with Gasteiger partial charge < -0.3 is 13.7 Å². The minimum Gasteiger partial charge on any atom is -0.465 e. The lowest BCUT2D eigenvalue weighted by atomic mass is 10.2. The predicted octanol–water partition coefficient (Wildman–Crippen LogP) is 2.97. The number of aromatic nitrogens is 5. The fourth-order valence-electron chi connectivity index (χ4n) is 2.53. The van der Waals surface area contributed by atoms with Crippen LogP contribution in [0.1, 0.15) is 17.2 Å². The molecule has 4 aromatic rings. The molecule has 0 saturated carbocycles. The highest BCUT2D eigenvalue weighted by atomic mass is 16.5. The Bertz CT molecular complexity index is 1100. The summed E-state index contributed by atoms with van der Waals surface area (Å²) >= 11 is 0. The predicted molar refractivity (Wildman–Crippen MR) is 97.2 cm³/mol. The molecule has 3 aromatic heterocycles. The maximum absolute atomic E-state index is 12.8. The van der Waals surface area contributed by atoms with Crippen LogP contribution in [0.25, 0.3) is 23.2 Å². The summed E-state index contributed by atoms with van der Waals surface area (Å²) in [4.78, 5) is 12.8. The Kier molecular flexibility index (Phi) is 4.79. The Hall–Kier alpha value is -4.01. The van der Waals surface area contributed by atoms with Gasteiger partial charge in [0.25, 0.3) is 0 Å². The second kappa shape index (κ2) is 7.70. The maximum atomic E-state index is 12.8. The van der Waals surface area contributed by atoms with Gasteiger partial charge in [-0.15, -0.1) is 5.10 Å². The number of rotatable bonds is 6. The molecule has 9 nitrogen and oxygen atoms in total. The van der Waals surface area contributed by atoms with Crippen molar-refractivity contribution < 1.29 is 18.5 Å². The average molecular weight is 377 g/mol. The molecular formula is C19H15N5O4. The second-order valence-corrected chi connectivity index (χ2v) is 5.83. The SMILES string of the molecule is Cc1cc(COC(=O)/C(=C/c2ccco2)n2nnnc2-c2ccccc2)no1. The van der Waals surface area contributed by atoms with Crippen molar-refractivity contribution in [1.29, 1.82) is 0 Å². The van der Waals surface area contributed by atoms with E-state index in [4.69, 9.17) is 13.7 Å². The molecule has 4 rings (SSSR count). The first-order valence-corrected chi connectivity index (χ1v) is 8.39. The molecule has 0 spiro atoms. The number of furan rings is 1. The first kappa shape index (κ1) is 17.4. The van der Waals surface area contributed by atoms with Crippen LogP contribution in [0.3, 0.4) is 0 Å². The Balaban J connectivity index is 1.67. The molecule has 0 aliphatic rings. The third-order valence-corrected chi connectivity index (χ3v) is 3.79. The monoisotopic (exact) mass is 377 g/mol. The minimum atomic E-state index is -0.637. The van der Waals surface area contributed by atoms with E-state index in [2.05, 4.69) is 20.7 Å². The molecular weight excluding hydrogens is 362 g/mol. The number of ether oxygens (including phenoxy) is 1. The Morgan fingerprint density at radius 3 is 2.79 bits per heavy atom. The summed E-state index contributed by atoms with van der Waals surface area (Å²) in [5.41, 5.74) is 1.35. The molecule has 0 atom stereocenters. The summed E-state index contributed by atoms with van der Waals surface area (Å²) in [6.07, 6.45) is 3.02. The molecule has 0 amide bonds. The van der Waals surface area contributed by atoms with Crippen molar-refractivity contribution in [1.82, 2.24) is 25.4 Å². The largest absolute Gasteiger partial charge is 0.465 e. The van der Waals surface area contributed by atoms with Gasteiger partial charge in [0.1, 0.15) is 23.8 Å². The Labute approximate surface area is 159 Å². The summed E-state index contributed by atoms with van der Waals surface area (Å²) in [6, 6.07) is 14.4. The van der Waals surface area contributed by atoms with Gasteiger partial charge in [-0.2, -0.15) is 4.68 Å². The summed E-state index contributed by atoms with van der Waals surface area (Å²) in [7, 11) is 0. The molecule has 0 unspecified atom stereocenters. The Morgan fingerprint density at radius 2 is 2.07 bits per heavy atom. The van der Waals surface area contributed by atoms with Crippen molar-refractivity contribution in [2.75, 3.05) is 0 Å². The van der Waals surface area contributed by atoms with Crippen LogP contribution in [0, 0.1) is 6.92 Å². The van der Waals surface area contributed by atoms with Crippen molar-refractivity contribution in [2.24, 2.45) is 0 Å². The number of carbonyl (C=O) groups excluding carboxylic acids is 1. The lowest BCUT2D eigenvalue weighted by Crippen LogP contribution is -2.15. The van der Waals surface area contributed by atoms with E-state index >= 15 is 0 Å². The zero-order valence-corrected chi connectivity index (χ0v) is 14.8. The normalized spacial score (nSPS) is 11.5. The second-order valence-electron chi connectivity index (χ2n) is 5.83. The fraction of sp³-hybridized carbons (Fsp3) is 0.105. The molecule has 28 heavy (non-hydrogen) atoms. The number of tetrazole rings is 1. The number of esters is 1. The van der Waals surface area contributed by atoms with Gasteiger partial charge in [0.15, 0.2) is 11.5 Å². The summed E-state index contributed by atoms with van der Waals surface area (Å²) < 4.78 is 17.0. The van der Waals surface area contributed by atoms with Crippen LogP contribution in [-0.2, 0) is 16.1 Å². The molecule has 140 valence electrons. The quantitative estimate of drug-likeness (QED) is 0.373. The topological polar surface area (TPSA) is 109 Å². The third kappa shape index (κ3) is 3.73. The van der Waals surface area contributed by atoms with Gasteiger partial charge >= 0.3 is 5.97 Å². The molecule has 0 bridgehead atoms. The average Bonchev–Trinajstić information content (AvgIpc) is 3.47. The van der Waals surface area contributed by atoms with Crippen LogP contribution in [0.5, 0.6) is 0 Å². The van der Waals surface area contributed by atoms with E-state index in [0.29, 0.717) is 23.0 Å². The molecule has 0 aliphatic carbocycles. The first-order valence-electron chi connectivity index (χ1n) is 8.39. The van der Waals surface area contributed by atoms with Crippen molar-refractivity contribution in [3.63, 3.8) is 0 Å². The molecule has 0 fully saturated rings. The number of benzene rings is 1. The zero-order chi connectivity index (χ0) is 19.3. The molecule has 0 saturated heterocycles. The Morgan fingerprint density at radius 1 is 1.21 bits per heavy atom. The minimum absolute atomic E-state index is 0.0472. The molecule has 9 heteroatoms. The fourth-order valence-corrected chi connectivity index (χ4v) is 2.53. The van der Waals surface area contributed by atoms with Gasteiger partial charge in [0.2, 0.25) is 0 Å². The van der Waals surface area contributed by atoms with Gasteiger partial charge in [0.05, 0.1) is 6.26 Å². The summed E-state index contributed by atoms with van der Waals surface area (Å²) in [5, 5.41) is 15.5. The zero-order valence-electron chi connectivity index (χ0n) is 14.8. The van der Waals surface area contributed by atoms with E-state index in [1.807, 2.05) is 30.3 Å². The van der Waals surface area contributed by atoms with Crippen molar-refractivity contribution in [3.8, 4) is 11.4 Å². The van der Waals surface area contributed by atoms with E-state index in [9.17, 15) is 4.79 Å². The first-order chi connectivity index (χ1) is 13.7. The van der Waals surface area contributed by atoms with Crippen molar-refractivity contribution >= 4 is 17.7 Å². The summed E-state index contributed by atoms with van der Waals surface area (Å²) in [6.45, 7) is 1.71. The lowest BCUT2D eigenvalue weighted by molar-refractivity contribution is -0.138. The maximum Gasteiger partial charge on any atom is 0.357 e. The smallest absolute Gasteiger partial charge is 0.357 e. The summed E-state index contributed by atoms with van der Waals surface area (Å²) in [5.74, 6) is 0.845. The highest BCUT2D eigenvalue weighted by Crippen LogP contribution is 2.21. The number of nitrogens with zero attached hydrogens (tertiary/aromatic N) is 5. The van der Waals surface area contributed by atoms with E-state index in [1.54, 1.807) is 25.1 Å². The van der Waals surface area contributed by atoms with Gasteiger partial charge in [0, 0.05) is 17.7 Å². The number of hydrogen-bond acceptors (Lipinski definition) is 8. The number of aryl methyl sites for hydroxylation is 1. The van der Waals surface area contributed by atoms with Gasteiger partial charge in [-0.3, -0.25) is 0 Å². The molecule has 1 aromatic carbocycles. The number of carbonyl (C=O) groups is 1. The lowest BCUT2D eigenvalue weighted by Gasteiger charge is -2.09. The van der Waals surface area contributed by atoms with Gasteiger partial charge in [-0.25, -0.2) is 4.79 Å². The standard InChI is InChI=1S/C19H15N5O4/c1-13-10-15(21-28-13)12-27-19(25)17(11-16-8-5-9-26-16)24-18(20-22-23-24)14-6-3-2-4-7-14/h2-11H,12H2,1H3/b17-11-. The third-order valence-electron chi connectivity index (χ3n) is 3.79. The van der Waals surface area contributed by atoms with E-state index in [0.717, 1.165) is 5.56 Å². The van der Waals surface area contributed by atoms with Crippen LogP contribution in [0.4, 0.5) is 0 Å². The van der Waals surface area contributed by atoms with E-state index < -0.39 is 5.97 Å². The molecule has 3 heterocycles. The number of hydrogen-bond donors (Lipinski definition) is 0. The van der Waals surface area contributed by atoms with Gasteiger partial charge in [-0.05, 0) is 29.5 Å². The highest BCUT2D eigenvalue weighted by Gasteiger charge is 2.21. The van der Waals surface area contributed by atoms with E-state index in [-0.39, 0.29) is 12.3 Å². The van der Waals surface area contributed by atoms with Crippen LogP contribution in [0.15, 0.2) is 63.7 Å².